The predicted molar refractivity (Wildman–Crippen MR) is 71.3 cm³/mol. The summed E-state index contributed by atoms with van der Waals surface area (Å²) in [4.78, 5) is 5.53. The molecule has 3 rings (SSSR count). The van der Waals surface area contributed by atoms with Crippen LogP contribution >= 0.6 is 0 Å². The van der Waals surface area contributed by atoms with Gasteiger partial charge in [-0.1, -0.05) is 6.92 Å². The van der Waals surface area contributed by atoms with E-state index in [0.29, 0.717) is 0 Å². The lowest BCUT2D eigenvalue weighted by Crippen LogP contribution is -2.44. The molecule has 3 heterocycles. The first-order chi connectivity index (χ1) is 8.38. The molecule has 0 radical (unpaired) electrons. The number of hydrogen-bond acceptors (Lipinski definition) is 3. The largest absolute Gasteiger partial charge is 0.313 e. The van der Waals surface area contributed by atoms with Crippen LogP contribution in [0.2, 0.25) is 0 Å². The molecule has 3 nitrogen and oxygen atoms in total. The summed E-state index contributed by atoms with van der Waals surface area (Å²) in [7, 11) is 0. The number of hydrogen-bond donors (Lipinski definition) is 1. The highest BCUT2D eigenvalue weighted by molar-refractivity contribution is 4.97. The van der Waals surface area contributed by atoms with Gasteiger partial charge in [-0.05, 0) is 38.6 Å². The maximum absolute atomic E-state index is 3.69. The minimum atomic E-state index is 0.765. The van der Waals surface area contributed by atoms with Gasteiger partial charge in [0.1, 0.15) is 0 Å². The van der Waals surface area contributed by atoms with Crippen molar-refractivity contribution in [2.24, 2.45) is 0 Å². The molecule has 0 aromatic rings. The van der Waals surface area contributed by atoms with Gasteiger partial charge in [0.05, 0.1) is 0 Å². The number of nitrogens with one attached hydrogen (secondary N) is 1. The molecular weight excluding hydrogens is 210 g/mol. The zero-order chi connectivity index (χ0) is 11.7. The summed E-state index contributed by atoms with van der Waals surface area (Å²) in [6.07, 6.45) is 6.94. The molecule has 0 aliphatic carbocycles. The van der Waals surface area contributed by atoms with Gasteiger partial charge in [0.2, 0.25) is 0 Å². The second-order valence-corrected chi connectivity index (χ2v) is 5.99. The molecule has 0 spiro atoms. The van der Waals surface area contributed by atoms with Gasteiger partial charge in [-0.25, -0.2) is 0 Å². The highest BCUT2D eigenvalue weighted by Gasteiger charge is 2.40. The fraction of sp³-hybridized carbons (Fsp3) is 1.00. The highest BCUT2D eigenvalue weighted by atomic mass is 15.3. The molecule has 17 heavy (non-hydrogen) atoms. The molecule has 3 heteroatoms. The molecule has 3 unspecified atom stereocenters. The Kier molecular flexibility index (Phi) is 3.69. The van der Waals surface area contributed by atoms with Crippen molar-refractivity contribution in [1.82, 2.24) is 15.1 Å². The fourth-order valence-electron chi connectivity index (χ4n) is 4.11. The van der Waals surface area contributed by atoms with Gasteiger partial charge in [-0.15, -0.1) is 0 Å². The van der Waals surface area contributed by atoms with Crippen LogP contribution in [0, 0.1) is 0 Å². The van der Waals surface area contributed by atoms with Crippen molar-refractivity contribution < 1.29 is 0 Å². The Hall–Kier alpha value is -0.120. The molecular formula is C14H27N3. The molecule has 3 fully saturated rings. The SMILES string of the molecule is CCC1CCN(C2CCN3CCCC23)CCN1. The standard InChI is InChI=1S/C14H27N3/c1-2-12-5-9-17(11-7-15-12)14-6-10-16-8-3-4-13(14)16/h12-15H,2-11H2,1H3. The second-order valence-electron chi connectivity index (χ2n) is 5.99. The van der Waals surface area contributed by atoms with E-state index in [-0.39, 0.29) is 0 Å². The third-order valence-electron chi connectivity index (χ3n) is 5.13. The molecule has 98 valence electrons. The molecule has 0 aromatic heterocycles. The summed E-state index contributed by atoms with van der Waals surface area (Å²) >= 11 is 0. The van der Waals surface area contributed by atoms with Gasteiger partial charge in [-0.2, -0.15) is 0 Å². The maximum Gasteiger partial charge on any atom is 0.0264 e. The summed E-state index contributed by atoms with van der Waals surface area (Å²) < 4.78 is 0. The molecule has 1 N–H and O–H groups in total. The van der Waals surface area contributed by atoms with Crippen LogP contribution in [0.5, 0.6) is 0 Å². The third kappa shape index (κ3) is 2.38. The van der Waals surface area contributed by atoms with Crippen LogP contribution < -0.4 is 5.32 Å². The van der Waals surface area contributed by atoms with E-state index < -0.39 is 0 Å². The first-order valence-electron chi connectivity index (χ1n) is 7.60. The fourth-order valence-corrected chi connectivity index (χ4v) is 4.11. The summed E-state index contributed by atoms with van der Waals surface area (Å²) in [5.41, 5.74) is 0. The summed E-state index contributed by atoms with van der Waals surface area (Å²) in [6.45, 7) is 8.82. The topological polar surface area (TPSA) is 18.5 Å². The zero-order valence-corrected chi connectivity index (χ0v) is 11.2. The first kappa shape index (κ1) is 11.9. The van der Waals surface area contributed by atoms with Crippen molar-refractivity contribution in [3.8, 4) is 0 Å². The van der Waals surface area contributed by atoms with Crippen LogP contribution in [0.3, 0.4) is 0 Å². The van der Waals surface area contributed by atoms with Crippen LogP contribution in [-0.2, 0) is 0 Å². The van der Waals surface area contributed by atoms with Crippen LogP contribution in [0.15, 0.2) is 0 Å². The van der Waals surface area contributed by atoms with E-state index >= 15 is 0 Å². The van der Waals surface area contributed by atoms with E-state index in [1.165, 1.54) is 64.8 Å². The Labute approximate surface area is 106 Å². The van der Waals surface area contributed by atoms with Gasteiger partial charge in [0.25, 0.3) is 0 Å². The quantitative estimate of drug-likeness (QED) is 0.781. The molecule has 0 aromatic carbocycles. The van der Waals surface area contributed by atoms with Crippen LogP contribution in [0.4, 0.5) is 0 Å². The predicted octanol–water partition coefficient (Wildman–Crippen LogP) is 1.30. The highest BCUT2D eigenvalue weighted by Crippen LogP contribution is 2.31. The molecule has 3 aliphatic heterocycles. The smallest absolute Gasteiger partial charge is 0.0264 e. The summed E-state index contributed by atoms with van der Waals surface area (Å²) in [5.74, 6) is 0. The van der Waals surface area contributed by atoms with Gasteiger partial charge in [0, 0.05) is 44.3 Å². The average Bonchev–Trinajstić information content (AvgIpc) is 2.86. The maximum atomic E-state index is 3.69. The molecule has 0 bridgehead atoms. The van der Waals surface area contributed by atoms with Crippen molar-refractivity contribution >= 4 is 0 Å². The van der Waals surface area contributed by atoms with Crippen molar-refractivity contribution in [1.29, 1.82) is 0 Å². The lowest BCUT2D eigenvalue weighted by Gasteiger charge is -2.31. The number of fused-ring (bicyclic) bond motifs is 1. The Morgan fingerprint density at radius 1 is 0.941 bits per heavy atom. The average molecular weight is 237 g/mol. The molecule has 0 amide bonds. The van der Waals surface area contributed by atoms with Crippen LogP contribution in [0.1, 0.15) is 39.0 Å². The lowest BCUT2D eigenvalue weighted by molar-refractivity contribution is 0.168. The first-order valence-corrected chi connectivity index (χ1v) is 7.60. The molecule has 3 atom stereocenters. The minimum absolute atomic E-state index is 0.765. The van der Waals surface area contributed by atoms with Gasteiger partial charge < -0.3 is 5.32 Å². The van der Waals surface area contributed by atoms with E-state index in [1.807, 2.05) is 0 Å². The molecule has 3 aliphatic rings. The van der Waals surface area contributed by atoms with Gasteiger partial charge in [-0.3, -0.25) is 9.80 Å². The number of nitrogens with zero attached hydrogens (tertiary/aromatic N) is 2. The van der Waals surface area contributed by atoms with E-state index in [1.54, 1.807) is 0 Å². The minimum Gasteiger partial charge on any atom is -0.313 e. The zero-order valence-electron chi connectivity index (χ0n) is 11.2. The Morgan fingerprint density at radius 2 is 1.71 bits per heavy atom. The van der Waals surface area contributed by atoms with Crippen molar-refractivity contribution in [2.45, 2.75) is 57.2 Å². The molecule has 0 saturated carbocycles. The molecule has 3 saturated heterocycles. The van der Waals surface area contributed by atoms with E-state index in [0.717, 1.165) is 18.1 Å². The van der Waals surface area contributed by atoms with Crippen LogP contribution in [0.25, 0.3) is 0 Å². The van der Waals surface area contributed by atoms with Crippen molar-refractivity contribution in [3.05, 3.63) is 0 Å². The third-order valence-corrected chi connectivity index (χ3v) is 5.13. The summed E-state index contributed by atoms with van der Waals surface area (Å²) in [6, 6.07) is 2.53. The van der Waals surface area contributed by atoms with E-state index in [4.69, 9.17) is 0 Å². The Morgan fingerprint density at radius 3 is 2.59 bits per heavy atom. The van der Waals surface area contributed by atoms with Gasteiger partial charge in [0.15, 0.2) is 0 Å². The second kappa shape index (κ2) is 5.25. The summed E-state index contributed by atoms with van der Waals surface area (Å²) in [5, 5.41) is 3.69. The van der Waals surface area contributed by atoms with E-state index in [2.05, 4.69) is 22.0 Å². The monoisotopic (exact) mass is 237 g/mol. The van der Waals surface area contributed by atoms with Gasteiger partial charge >= 0.3 is 0 Å². The lowest BCUT2D eigenvalue weighted by atomic mass is 10.0. The Bertz CT molecular complexity index is 256. The normalized spacial score (nSPS) is 40.4. The number of rotatable bonds is 2. The van der Waals surface area contributed by atoms with E-state index in [9.17, 15) is 0 Å². The van der Waals surface area contributed by atoms with Crippen molar-refractivity contribution in [3.63, 3.8) is 0 Å². The Balaban J connectivity index is 1.60. The van der Waals surface area contributed by atoms with Crippen LogP contribution in [-0.4, -0.2) is 60.6 Å². The van der Waals surface area contributed by atoms with Crippen molar-refractivity contribution in [2.75, 3.05) is 32.7 Å².